The Labute approximate surface area is 101 Å². The molecule has 17 heavy (non-hydrogen) atoms. The molecule has 0 N–H and O–H groups in total. The van der Waals surface area contributed by atoms with Crippen molar-refractivity contribution < 1.29 is 23.8 Å². The molecule has 0 bridgehead atoms. The van der Waals surface area contributed by atoms with Crippen LogP contribution in [0.4, 0.5) is 0 Å². The monoisotopic (exact) mass is 244 g/mol. The van der Waals surface area contributed by atoms with E-state index in [9.17, 15) is 9.59 Å². The van der Waals surface area contributed by atoms with Gasteiger partial charge in [-0.15, -0.1) is 0 Å². The summed E-state index contributed by atoms with van der Waals surface area (Å²) < 4.78 is 15.9. The molecule has 5 heteroatoms. The second-order valence-corrected chi connectivity index (χ2v) is 4.21. The molecule has 0 aromatic heterocycles. The van der Waals surface area contributed by atoms with Crippen molar-refractivity contribution in [3.63, 3.8) is 0 Å². The standard InChI is InChI=1S/C12H20O5/c1-5-9-10(6-2)17-12(16-8(4)14)11(9)15-7(3)13/h9-12H,5-6H2,1-4H3/t9-,10-,11-,12?/m1/s1. The molecule has 1 rings (SSSR count). The van der Waals surface area contributed by atoms with Crippen molar-refractivity contribution in [3.05, 3.63) is 0 Å². The first kappa shape index (κ1) is 14.0. The molecule has 0 aromatic rings. The Morgan fingerprint density at radius 2 is 1.65 bits per heavy atom. The maximum Gasteiger partial charge on any atom is 0.305 e. The van der Waals surface area contributed by atoms with Gasteiger partial charge in [-0.3, -0.25) is 9.59 Å². The molecule has 0 amide bonds. The van der Waals surface area contributed by atoms with Gasteiger partial charge < -0.3 is 14.2 Å². The van der Waals surface area contributed by atoms with Crippen LogP contribution in [0.2, 0.25) is 0 Å². The molecule has 1 aliphatic rings. The molecule has 0 radical (unpaired) electrons. The third kappa shape index (κ3) is 3.43. The molecule has 1 aliphatic heterocycles. The summed E-state index contributed by atoms with van der Waals surface area (Å²) >= 11 is 0. The van der Waals surface area contributed by atoms with Gasteiger partial charge in [-0.1, -0.05) is 13.8 Å². The van der Waals surface area contributed by atoms with E-state index in [1.54, 1.807) is 0 Å². The second kappa shape index (κ2) is 6.00. The fourth-order valence-corrected chi connectivity index (χ4v) is 2.25. The smallest absolute Gasteiger partial charge is 0.305 e. The van der Waals surface area contributed by atoms with Gasteiger partial charge in [0.2, 0.25) is 6.29 Å². The van der Waals surface area contributed by atoms with Gasteiger partial charge in [-0.05, 0) is 12.8 Å². The highest BCUT2D eigenvalue weighted by Crippen LogP contribution is 2.34. The fraction of sp³-hybridized carbons (Fsp3) is 0.833. The van der Waals surface area contributed by atoms with E-state index < -0.39 is 18.4 Å². The number of carbonyl (C=O) groups is 2. The van der Waals surface area contributed by atoms with Gasteiger partial charge in [0.05, 0.1) is 6.10 Å². The summed E-state index contributed by atoms with van der Waals surface area (Å²) in [4.78, 5) is 22.0. The molecule has 1 unspecified atom stereocenters. The Bertz CT molecular complexity index is 289. The van der Waals surface area contributed by atoms with Crippen LogP contribution in [0, 0.1) is 5.92 Å². The van der Waals surface area contributed by atoms with Crippen molar-refractivity contribution >= 4 is 11.9 Å². The number of hydrogen-bond acceptors (Lipinski definition) is 5. The SMILES string of the molecule is CC[C@@H]1[C@@H](CC)OC(OC(C)=O)[C@@H]1OC(C)=O. The molecule has 1 saturated heterocycles. The normalized spacial score (nSPS) is 32.2. The van der Waals surface area contributed by atoms with Crippen molar-refractivity contribution in [1.82, 2.24) is 0 Å². The van der Waals surface area contributed by atoms with Crippen LogP contribution in [-0.2, 0) is 23.8 Å². The quantitative estimate of drug-likeness (QED) is 0.703. The Morgan fingerprint density at radius 1 is 1.06 bits per heavy atom. The number of esters is 2. The summed E-state index contributed by atoms with van der Waals surface area (Å²) in [5.41, 5.74) is 0. The zero-order valence-corrected chi connectivity index (χ0v) is 10.8. The molecule has 4 atom stereocenters. The molecule has 98 valence electrons. The lowest BCUT2D eigenvalue weighted by molar-refractivity contribution is -0.194. The minimum atomic E-state index is -0.772. The lowest BCUT2D eigenvalue weighted by atomic mass is 9.94. The van der Waals surface area contributed by atoms with Gasteiger partial charge in [0.1, 0.15) is 0 Å². The average molecular weight is 244 g/mol. The third-order valence-electron chi connectivity index (χ3n) is 2.93. The van der Waals surface area contributed by atoms with E-state index in [4.69, 9.17) is 14.2 Å². The van der Waals surface area contributed by atoms with Gasteiger partial charge in [0.15, 0.2) is 6.10 Å². The second-order valence-electron chi connectivity index (χ2n) is 4.21. The van der Waals surface area contributed by atoms with Crippen molar-refractivity contribution in [2.75, 3.05) is 0 Å². The maximum absolute atomic E-state index is 11.1. The zero-order valence-electron chi connectivity index (χ0n) is 10.8. The lowest BCUT2D eigenvalue weighted by Gasteiger charge is -2.21. The molecule has 0 aromatic carbocycles. The van der Waals surface area contributed by atoms with Crippen LogP contribution < -0.4 is 0 Å². The molecular weight excluding hydrogens is 224 g/mol. The topological polar surface area (TPSA) is 61.8 Å². The van der Waals surface area contributed by atoms with E-state index >= 15 is 0 Å². The Morgan fingerprint density at radius 3 is 2.06 bits per heavy atom. The molecule has 1 heterocycles. The van der Waals surface area contributed by atoms with Crippen LogP contribution in [0.5, 0.6) is 0 Å². The van der Waals surface area contributed by atoms with Crippen LogP contribution in [0.15, 0.2) is 0 Å². The lowest BCUT2D eigenvalue weighted by Crippen LogP contribution is -2.34. The van der Waals surface area contributed by atoms with Crippen molar-refractivity contribution in [3.8, 4) is 0 Å². The number of carbonyl (C=O) groups excluding carboxylic acids is 2. The van der Waals surface area contributed by atoms with Crippen LogP contribution in [0.25, 0.3) is 0 Å². The van der Waals surface area contributed by atoms with Gasteiger partial charge in [0.25, 0.3) is 0 Å². The molecule has 0 spiro atoms. The van der Waals surface area contributed by atoms with Gasteiger partial charge in [0, 0.05) is 19.8 Å². The highest BCUT2D eigenvalue weighted by atomic mass is 16.7. The fourth-order valence-electron chi connectivity index (χ4n) is 2.25. The predicted molar refractivity (Wildman–Crippen MR) is 60.1 cm³/mol. The minimum absolute atomic E-state index is 0.0336. The van der Waals surface area contributed by atoms with E-state index in [0.717, 1.165) is 12.8 Å². The van der Waals surface area contributed by atoms with Gasteiger partial charge in [-0.2, -0.15) is 0 Å². The van der Waals surface area contributed by atoms with Crippen molar-refractivity contribution in [1.29, 1.82) is 0 Å². The van der Waals surface area contributed by atoms with Crippen LogP contribution >= 0.6 is 0 Å². The van der Waals surface area contributed by atoms with Gasteiger partial charge in [-0.25, -0.2) is 0 Å². The maximum atomic E-state index is 11.1. The first-order valence-corrected chi connectivity index (χ1v) is 5.99. The highest BCUT2D eigenvalue weighted by molar-refractivity contribution is 5.67. The summed E-state index contributed by atoms with van der Waals surface area (Å²) in [6.45, 7) is 6.66. The molecule has 5 nitrogen and oxygen atoms in total. The van der Waals surface area contributed by atoms with E-state index in [1.165, 1.54) is 13.8 Å². The molecular formula is C12H20O5. The van der Waals surface area contributed by atoms with E-state index in [2.05, 4.69) is 0 Å². The summed E-state index contributed by atoms with van der Waals surface area (Å²) in [5.74, 6) is -0.738. The third-order valence-corrected chi connectivity index (χ3v) is 2.93. The number of hydrogen-bond donors (Lipinski definition) is 0. The summed E-state index contributed by atoms with van der Waals surface area (Å²) in [6.07, 6.45) is 0.314. The minimum Gasteiger partial charge on any atom is -0.455 e. The first-order chi connectivity index (χ1) is 7.99. The van der Waals surface area contributed by atoms with Crippen LogP contribution in [0.1, 0.15) is 40.5 Å². The van der Waals surface area contributed by atoms with E-state index in [1.807, 2.05) is 13.8 Å². The predicted octanol–water partition coefficient (Wildman–Crippen LogP) is 1.64. The van der Waals surface area contributed by atoms with Gasteiger partial charge >= 0.3 is 11.9 Å². The highest BCUT2D eigenvalue weighted by Gasteiger charge is 2.46. The Hall–Kier alpha value is -1.10. The first-order valence-electron chi connectivity index (χ1n) is 5.99. The summed E-state index contributed by atoms with van der Waals surface area (Å²) in [5, 5.41) is 0. The Balaban J connectivity index is 2.80. The van der Waals surface area contributed by atoms with Crippen molar-refractivity contribution in [2.45, 2.75) is 59.0 Å². The summed E-state index contributed by atoms with van der Waals surface area (Å²) in [6, 6.07) is 0. The average Bonchev–Trinajstić information content (AvgIpc) is 2.54. The number of rotatable bonds is 4. The largest absolute Gasteiger partial charge is 0.455 e. The van der Waals surface area contributed by atoms with Crippen molar-refractivity contribution in [2.24, 2.45) is 5.92 Å². The molecule has 1 fully saturated rings. The molecule has 0 saturated carbocycles. The summed E-state index contributed by atoms with van der Waals surface area (Å²) in [7, 11) is 0. The number of ether oxygens (including phenoxy) is 3. The van der Waals surface area contributed by atoms with Crippen LogP contribution in [-0.4, -0.2) is 30.4 Å². The van der Waals surface area contributed by atoms with E-state index in [0.29, 0.717) is 0 Å². The molecule has 0 aliphatic carbocycles. The van der Waals surface area contributed by atoms with E-state index in [-0.39, 0.29) is 18.0 Å². The Kier molecular flexibility index (Phi) is 4.93. The zero-order chi connectivity index (χ0) is 13.0. The van der Waals surface area contributed by atoms with Crippen LogP contribution in [0.3, 0.4) is 0 Å².